The Labute approximate surface area is 165 Å². The number of hydrogen-bond donors (Lipinski definition) is 2. The number of benzene rings is 1. The predicted molar refractivity (Wildman–Crippen MR) is 109 cm³/mol. The minimum Gasteiger partial charge on any atom is -0.497 e. The number of aliphatic hydroxyl groups is 1. The van der Waals surface area contributed by atoms with E-state index in [2.05, 4.69) is 27.9 Å². The number of carbonyl (C=O) groups excluding carboxylic acids is 1. The summed E-state index contributed by atoms with van der Waals surface area (Å²) in [4.78, 5) is 17.1. The Morgan fingerprint density at radius 2 is 2.07 bits per heavy atom. The van der Waals surface area contributed by atoms with Crippen molar-refractivity contribution in [1.82, 2.24) is 19.7 Å². The molecule has 152 valence electrons. The maximum absolute atomic E-state index is 12.9. The van der Waals surface area contributed by atoms with Crippen molar-refractivity contribution in [2.45, 2.75) is 24.8 Å². The third kappa shape index (κ3) is 2.68. The number of urea groups is 1. The van der Waals surface area contributed by atoms with Gasteiger partial charge in [0.15, 0.2) is 0 Å². The fraction of sp³-hybridized carbons (Fsp3) is 0.571. The summed E-state index contributed by atoms with van der Waals surface area (Å²) < 4.78 is 7.56. The number of aryl methyl sites for hydroxylation is 1. The monoisotopic (exact) mass is 386 g/mol. The van der Waals surface area contributed by atoms with Crippen molar-refractivity contribution in [3.8, 4) is 5.75 Å². The van der Waals surface area contributed by atoms with Crippen LogP contribution in [0.3, 0.4) is 0 Å². The highest BCUT2D eigenvalue weighted by Gasteiger charge is 2.53. The van der Waals surface area contributed by atoms with E-state index in [0.29, 0.717) is 13.1 Å². The molecule has 4 rings (SSSR count). The van der Waals surface area contributed by atoms with Gasteiger partial charge in [0, 0.05) is 55.8 Å². The van der Waals surface area contributed by atoms with Gasteiger partial charge in [-0.1, -0.05) is 6.92 Å². The van der Waals surface area contributed by atoms with E-state index in [-0.39, 0.29) is 24.1 Å². The molecular weight excluding hydrogens is 356 g/mol. The van der Waals surface area contributed by atoms with Gasteiger partial charge in [0.1, 0.15) is 5.75 Å². The van der Waals surface area contributed by atoms with E-state index in [9.17, 15) is 9.90 Å². The van der Waals surface area contributed by atoms with Gasteiger partial charge in [0.25, 0.3) is 0 Å². The first-order valence-corrected chi connectivity index (χ1v) is 9.96. The van der Waals surface area contributed by atoms with Crippen LogP contribution in [0, 0.1) is 0 Å². The molecule has 0 aliphatic carbocycles. The van der Waals surface area contributed by atoms with E-state index in [4.69, 9.17) is 4.74 Å². The highest BCUT2D eigenvalue weighted by atomic mass is 16.5. The zero-order chi connectivity index (χ0) is 20.1. The molecule has 1 spiro atoms. The van der Waals surface area contributed by atoms with Gasteiger partial charge in [-0.15, -0.1) is 0 Å². The van der Waals surface area contributed by atoms with Crippen LogP contribution < -0.4 is 10.1 Å². The number of nitrogens with one attached hydrogen (secondary N) is 1. The molecule has 1 saturated heterocycles. The summed E-state index contributed by atoms with van der Waals surface area (Å²) in [5.41, 5.74) is 3.29. The number of methoxy groups -OCH3 is 1. The van der Waals surface area contributed by atoms with Crippen LogP contribution in [0.1, 0.15) is 30.6 Å². The van der Waals surface area contributed by atoms with Gasteiger partial charge in [-0.2, -0.15) is 0 Å². The van der Waals surface area contributed by atoms with Crippen LogP contribution >= 0.6 is 0 Å². The van der Waals surface area contributed by atoms with Gasteiger partial charge in [-0.3, -0.25) is 0 Å². The largest absolute Gasteiger partial charge is 0.497 e. The number of likely N-dealkylation sites (tertiary alicyclic amines) is 1. The third-order valence-electron chi connectivity index (χ3n) is 6.25. The van der Waals surface area contributed by atoms with Crippen LogP contribution in [-0.2, 0) is 12.5 Å². The molecule has 1 atom stereocenters. The first-order valence-electron chi connectivity index (χ1n) is 9.96. The summed E-state index contributed by atoms with van der Waals surface area (Å²) >= 11 is 0. The lowest BCUT2D eigenvalue weighted by Gasteiger charge is -2.55. The molecule has 0 unspecified atom stereocenters. The van der Waals surface area contributed by atoms with Gasteiger partial charge >= 0.3 is 6.03 Å². The Morgan fingerprint density at radius 3 is 2.68 bits per heavy atom. The second-order valence-corrected chi connectivity index (χ2v) is 8.21. The number of ether oxygens (including phenoxy) is 1. The third-order valence-corrected chi connectivity index (χ3v) is 6.25. The molecular formula is C21H30N4O3. The molecule has 0 bridgehead atoms. The lowest BCUT2D eigenvalue weighted by atomic mass is 9.69. The molecule has 0 radical (unpaired) electrons. The number of nitrogens with zero attached hydrogens (tertiary/aromatic N) is 3. The Bertz CT molecular complexity index is 901. The predicted octanol–water partition coefficient (Wildman–Crippen LogP) is 1.84. The molecule has 7 nitrogen and oxygen atoms in total. The lowest BCUT2D eigenvalue weighted by Crippen LogP contribution is -2.66. The van der Waals surface area contributed by atoms with Crippen LogP contribution in [0.2, 0.25) is 0 Å². The van der Waals surface area contributed by atoms with E-state index in [1.807, 2.05) is 31.0 Å². The maximum atomic E-state index is 12.9. The van der Waals surface area contributed by atoms with Gasteiger partial charge in [-0.05, 0) is 31.2 Å². The zero-order valence-corrected chi connectivity index (χ0v) is 17.2. The quantitative estimate of drug-likeness (QED) is 0.841. The minimum absolute atomic E-state index is 0.0942. The SMILES string of the molecule is CCCNC(=O)N1CC2(CN(C)C2)c2c(n(C)c3cc(OC)ccc23)[C@@H]1CO. The molecule has 1 aromatic heterocycles. The molecule has 0 saturated carbocycles. The van der Waals surface area contributed by atoms with E-state index in [1.165, 1.54) is 10.9 Å². The normalized spacial score (nSPS) is 20.9. The molecule has 2 amide bonds. The van der Waals surface area contributed by atoms with Crippen molar-refractivity contribution < 1.29 is 14.6 Å². The molecule has 3 heterocycles. The summed E-state index contributed by atoms with van der Waals surface area (Å²) in [6, 6.07) is 5.70. The zero-order valence-electron chi connectivity index (χ0n) is 17.2. The van der Waals surface area contributed by atoms with Crippen LogP contribution in [0.25, 0.3) is 10.9 Å². The van der Waals surface area contributed by atoms with E-state index >= 15 is 0 Å². The van der Waals surface area contributed by atoms with Gasteiger partial charge < -0.3 is 29.5 Å². The van der Waals surface area contributed by atoms with Crippen molar-refractivity contribution in [1.29, 1.82) is 0 Å². The maximum Gasteiger partial charge on any atom is 0.318 e. The van der Waals surface area contributed by atoms with Crippen LogP contribution in [0.4, 0.5) is 4.79 Å². The number of aromatic nitrogens is 1. The number of aliphatic hydroxyl groups excluding tert-OH is 1. The Morgan fingerprint density at radius 1 is 1.32 bits per heavy atom. The smallest absolute Gasteiger partial charge is 0.318 e. The van der Waals surface area contributed by atoms with Crippen molar-refractivity contribution in [3.05, 3.63) is 29.5 Å². The lowest BCUT2D eigenvalue weighted by molar-refractivity contribution is 0.0245. The second-order valence-electron chi connectivity index (χ2n) is 8.21. The van der Waals surface area contributed by atoms with Crippen LogP contribution in [0.5, 0.6) is 5.75 Å². The van der Waals surface area contributed by atoms with Crippen LogP contribution in [0.15, 0.2) is 18.2 Å². The Balaban J connectivity index is 1.89. The van der Waals surface area contributed by atoms with Gasteiger partial charge in [-0.25, -0.2) is 4.79 Å². The van der Waals surface area contributed by atoms with E-state index < -0.39 is 0 Å². The molecule has 28 heavy (non-hydrogen) atoms. The average molecular weight is 386 g/mol. The van der Waals surface area contributed by atoms with Crippen LogP contribution in [-0.4, -0.2) is 72.4 Å². The second kappa shape index (κ2) is 6.97. The summed E-state index contributed by atoms with van der Waals surface area (Å²) in [6.45, 7) is 5.01. The average Bonchev–Trinajstić information content (AvgIpc) is 2.97. The van der Waals surface area contributed by atoms with Crippen molar-refractivity contribution in [2.24, 2.45) is 7.05 Å². The Kier molecular flexibility index (Phi) is 4.75. The molecule has 1 fully saturated rings. The van der Waals surface area contributed by atoms with Crippen molar-refractivity contribution in [2.75, 3.05) is 46.9 Å². The van der Waals surface area contributed by atoms with Gasteiger partial charge in [0.05, 0.1) is 25.3 Å². The first-order chi connectivity index (χ1) is 13.5. The molecule has 2 aliphatic heterocycles. The summed E-state index contributed by atoms with van der Waals surface area (Å²) in [5.74, 6) is 0.809. The number of carbonyl (C=O) groups is 1. The van der Waals surface area contributed by atoms with Gasteiger partial charge in [0.2, 0.25) is 0 Å². The Hall–Kier alpha value is -2.25. The fourth-order valence-corrected chi connectivity index (χ4v) is 5.15. The standard InChI is InChI=1S/C21H30N4O3/c1-5-8-22-20(27)25-13-21(11-23(2)12-21)18-15-7-6-14(28-4)9-16(15)24(3)19(18)17(25)10-26/h6-7,9,17,26H,5,8,10-13H2,1-4H3,(H,22,27)/t17-/m0/s1. The topological polar surface area (TPSA) is 70.0 Å². The molecule has 7 heteroatoms. The highest BCUT2D eigenvalue weighted by Crippen LogP contribution is 2.49. The molecule has 2 aromatic rings. The van der Waals surface area contributed by atoms with E-state index in [1.54, 1.807) is 7.11 Å². The number of rotatable bonds is 4. The van der Waals surface area contributed by atoms with Crippen molar-refractivity contribution >= 4 is 16.9 Å². The molecule has 2 aliphatic rings. The molecule has 1 aromatic carbocycles. The number of fused-ring (bicyclic) bond motifs is 4. The number of likely N-dealkylation sites (N-methyl/N-ethyl adjacent to an activating group) is 1. The molecule has 2 N–H and O–H groups in total. The minimum atomic E-state index is -0.355. The summed E-state index contributed by atoms with van der Waals surface area (Å²) in [7, 11) is 5.80. The van der Waals surface area contributed by atoms with E-state index in [0.717, 1.165) is 36.5 Å². The summed E-state index contributed by atoms with van der Waals surface area (Å²) in [5, 5.41) is 14.5. The number of hydrogen-bond acceptors (Lipinski definition) is 4. The van der Waals surface area contributed by atoms with Crippen molar-refractivity contribution in [3.63, 3.8) is 0 Å². The number of amides is 2. The fourth-order valence-electron chi connectivity index (χ4n) is 5.15. The summed E-state index contributed by atoms with van der Waals surface area (Å²) in [6.07, 6.45) is 0.885. The highest BCUT2D eigenvalue weighted by molar-refractivity contribution is 5.89. The first kappa shape index (κ1) is 19.1.